The second kappa shape index (κ2) is 6.53. The number of hydrogen-bond donors (Lipinski definition) is 0. The molecule has 2 fully saturated rings. The highest BCUT2D eigenvalue weighted by molar-refractivity contribution is 8.09. The van der Waals surface area contributed by atoms with Crippen LogP contribution < -0.4 is 0 Å². The Morgan fingerprint density at radius 1 is 0.870 bits per heavy atom. The van der Waals surface area contributed by atoms with Crippen molar-refractivity contribution in [1.29, 1.82) is 0 Å². The van der Waals surface area contributed by atoms with Crippen molar-refractivity contribution in [1.82, 2.24) is 4.90 Å². The summed E-state index contributed by atoms with van der Waals surface area (Å²) in [5.41, 5.74) is 0.788. The lowest BCUT2D eigenvalue weighted by Gasteiger charge is -2.34. The maximum absolute atomic E-state index is 12.6. The summed E-state index contributed by atoms with van der Waals surface area (Å²) in [6.45, 7) is 1.72. The van der Waals surface area contributed by atoms with Gasteiger partial charge in [-0.2, -0.15) is 0 Å². The van der Waals surface area contributed by atoms with Gasteiger partial charge in [-0.25, -0.2) is 16.8 Å². The molecule has 0 saturated carbocycles. The van der Waals surface area contributed by atoms with E-state index < -0.39 is 30.2 Å². The molecule has 7 heteroatoms. The number of sulfone groups is 2. The topological polar surface area (TPSA) is 71.5 Å². The molecule has 0 unspecified atom stereocenters. The molecule has 2 saturated heterocycles. The maximum Gasteiger partial charge on any atom is 0.175 e. The highest BCUT2D eigenvalue weighted by atomic mass is 32.3. The first-order valence-corrected chi connectivity index (χ1v) is 11.5. The van der Waals surface area contributed by atoms with E-state index in [4.69, 9.17) is 0 Å². The Balaban J connectivity index is 1.83. The fourth-order valence-electron chi connectivity index (χ4n) is 3.54. The lowest BCUT2D eigenvalue weighted by Crippen LogP contribution is -2.50. The third-order valence-corrected chi connectivity index (χ3v) is 10.2. The number of hydrogen-bond acceptors (Lipinski definition) is 5. The summed E-state index contributed by atoms with van der Waals surface area (Å²) in [6, 6.07) is 9.08. The van der Waals surface area contributed by atoms with Crippen molar-refractivity contribution in [3.63, 3.8) is 0 Å². The van der Waals surface area contributed by atoms with Crippen molar-refractivity contribution in [3.8, 4) is 0 Å². The summed E-state index contributed by atoms with van der Waals surface area (Å²) < 4.78 is 49.3. The third-order valence-electron chi connectivity index (χ3n) is 4.80. The van der Waals surface area contributed by atoms with Crippen LogP contribution >= 0.6 is 0 Å². The highest BCUT2D eigenvalue weighted by Gasteiger charge is 2.46. The normalized spacial score (nSPS) is 30.8. The first-order valence-electron chi connectivity index (χ1n) is 8.09. The van der Waals surface area contributed by atoms with Crippen molar-refractivity contribution in [3.05, 3.63) is 35.9 Å². The second-order valence-corrected chi connectivity index (χ2v) is 11.3. The zero-order valence-electron chi connectivity index (χ0n) is 13.1. The first kappa shape index (κ1) is 16.9. The third kappa shape index (κ3) is 3.78. The molecule has 0 bridgehead atoms. The van der Waals surface area contributed by atoms with Crippen LogP contribution in [0.4, 0.5) is 0 Å². The van der Waals surface area contributed by atoms with Gasteiger partial charge >= 0.3 is 0 Å². The molecule has 3 rings (SSSR count). The molecule has 0 N–H and O–H groups in total. The van der Waals surface area contributed by atoms with Crippen LogP contribution in [0.2, 0.25) is 0 Å². The van der Waals surface area contributed by atoms with Crippen LogP contribution in [0.1, 0.15) is 30.7 Å². The van der Waals surface area contributed by atoms with E-state index in [0.717, 1.165) is 37.9 Å². The standard InChI is InChI=1S/C16H23NO4S2/c18-22(19)12-15(14-7-3-1-4-8-14)13-23(20,21)16(22)11-17-9-5-2-6-10-17/h1,3-4,7-8,15-16H,2,5-6,9-13H2. The Labute approximate surface area is 138 Å². The van der Waals surface area contributed by atoms with Crippen LogP contribution in [0.3, 0.4) is 0 Å². The molecule has 2 aliphatic rings. The minimum atomic E-state index is -3.66. The van der Waals surface area contributed by atoms with E-state index in [1.54, 1.807) is 12.1 Å². The summed E-state index contributed by atoms with van der Waals surface area (Å²) in [5, 5.41) is 0. The largest absolute Gasteiger partial charge is 0.301 e. The maximum atomic E-state index is 12.6. The molecule has 0 aliphatic carbocycles. The quantitative estimate of drug-likeness (QED) is 0.818. The van der Waals surface area contributed by atoms with Crippen molar-refractivity contribution in [2.24, 2.45) is 0 Å². The van der Waals surface area contributed by atoms with Gasteiger partial charge in [-0.05, 0) is 31.5 Å². The Bertz CT molecular complexity index is 702. The van der Waals surface area contributed by atoms with Crippen LogP contribution in [0.5, 0.6) is 0 Å². The lowest BCUT2D eigenvalue weighted by molar-refractivity contribution is 0.236. The predicted octanol–water partition coefficient (Wildman–Crippen LogP) is 1.43. The average molecular weight is 357 g/mol. The lowest BCUT2D eigenvalue weighted by atomic mass is 10.0. The number of nitrogens with zero attached hydrogens (tertiary/aromatic N) is 1. The van der Waals surface area contributed by atoms with Gasteiger partial charge in [0.25, 0.3) is 0 Å². The van der Waals surface area contributed by atoms with Crippen molar-refractivity contribution >= 4 is 19.7 Å². The van der Waals surface area contributed by atoms with E-state index in [2.05, 4.69) is 0 Å². The van der Waals surface area contributed by atoms with E-state index in [9.17, 15) is 16.8 Å². The molecule has 1 aromatic carbocycles. The van der Waals surface area contributed by atoms with E-state index in [1.807, 2.05) is 23.1 Å². The Morgan fingerprint density at radius 2 is 1.43 bits per heavy atom. The minimum absolute atomic E-state index is 0.0747. The fourth-order valence-corrected chi connectivity index (χ4v) is 9.00. The van der Waals surface area contributed by atoms with Crippen LogP contribution in [-0.4, -0.2) is 57.5 Å². The number of rotatable bonds is 3. The molecular formula is C16H23NO4S2. The van der Waals surface area contributed by atoms with Gasteiger partial charge in [0.15, 0.2) is 24.3 Å². The summed E-state index contributed by atoms with van der Waals surface area (Å²) in [4.78, 5) is 1.99. The minimum Gasteiger partial charge on any atom is -0.301 e. The van der Waals surface area contributed by atoms with Gasteiger partial charge in [-0.3, -0.25) is 0 Å². The Morgan fingerprint density at radius 3 is 2.00 bits per heavy atom. The SMILES string of the molecule is O=S1(=O)CC(c2ccccc2)CS(=O)(=O)C1CN1CCCCC1. The molecule has 128 valence electrons. The van der Waals surface area contributed by atoms with Crippen molar-refractivity contribution < 1.29 is 16.8 Å². The van der Waals surface area contributed by atoms with Crippen molar-refractivity contribution in [2.75, 3.05) is 31.1 Å². The molecular weight excluding hydrogens is 334 g/mol. The highest BCUT2D eigenvalue weighted by Crippen LogP contribution is 2.31. The summed E-state index contributed by atoms with van der Waals surface area (Å²) in [5.74, 6) is -0.604. The van der Waals surface area contributed by atoms with Gasteiger partial charge in [0.2, 0.25) is 0 Å². The van der Waals surface area contributed by atoms with Crippen LogP contribution in [0.15, 0.2) is 30.3 Å². The van der Waals surface area contributed by atoms with Gasteiger partial charge in [-0.1, -0.05) is 36.8 Å². The number of benzene rings is 1. The van der Waals surface area contributed by atoms with Crippen LogP contribution in [0.25, 0.3) is 0 Å². The predicted molar refractivity (Wildman–Crippen MR) is 90.8 cm³/mol. The van der Waals surface area contributed by atoms with Crippen molar-refractivity contribution in [2.45, 2.75) is 29.8 Å². The molecule has 0 spiro atoms. The summed E-state index contributed by atoms with van der Waals surface area (Å²) >= 11 is 0. The summed E-state index contributed by atoms with van der Waals surface area (Å²) in [7, 11) is -7.32. The first-order chi connectivity index (χ1) is 10.9. The van der Waals surface area contributed by atoms with Gasteiger partial charge in [0.05, 0.1) is 11.5 Å². The summed E-state index contributed by atoms with van der Waals surface area (Å²) in [6.07, 6.45) is 3.16. The second-order valence-electron chi connectivity index (χ2n) is 6.56. The van der Waals surface area contributed by atoms with Gasteiger partial charge in [0.1, 0.15) is 0 Å². The van der Waals surface area contributed by atoms with Crippen LogP contribution in [-0.2, 0) is 19.7 Å². The molecule has 0 amide bonds. The zero-order valence-corrected chi connectivity index (χ0v) is 14.7. The van der Waals surface area contributed by atoms with E-state index in [-0.39, 0.29) is 18.1 Å². The van der Waals surface area contributed by atoms with E-state index in [0.29, 0.717) is 0 Å². The van der Waals surface area contributed by atoms with Crippen LogP contribution in [0, 0.1) is 0 Å². The van der Waals surface area contributed by atoms with E-state index >= 15 is 0 Å². The molecule has 2 aliphatic heterocycles. The monoisotopic (exact) mass is 357 g/mol. The molecule has 0 atom stereocenters. The van der Waals surface area contributed by atoms with Gasteiger partial charge in [-0.15, -0.1) is 0 Å². The molecule has 23 heavy (non-hydrogen) atoms. The Hall–Kier alpha value is -0.920. The molecule has 0 aromatic heterocycles. The number of likely N-dealkylation sites (tertiary alicyclic amines) is 1. The smallest absolute Gasteiger partial charge is 0.175 e. The van der Waals surface area contributed by atoms with Gasteiger partial charge in [0, 0.05) is 12.5 Å². The number of piperidine rings is 1. The average Bonchev–Trinajstić information content (AvgIpc) is 2.52. The molecule has 0 radical (unpaired) electrons. The van der Waals surface area contributed by atoms with Gasteiger partial charge < -0.3 is 4.90 Å². The molecule has 5 nitrogen and oxygen atoms in total. The fraction of sp³-hybridized carbons (Fsp3) is 0.625. The molecule has 2 heterocycles. The van der Waals surface area contributed by atoms with E-state index in [1.165, 1.54) is 0 Å². The zero-order chi connectivity index (χ0) is 16.5. The Kier molecular flexibility index (Phi) is 4.80. The molecule has 1 aromatic rings.